The lowest BCUT2D eigenvalue weighted by Crippen LogP contribution is -2.27. The van der Waals surface area contributed by atoms with Crippen LogP contribution in [0.1, 0.15) is 63.4 Å². The van der Waals surface area contributed by atoms with Crippen LogP contribution in [0.4, 0.5) is 0 Å². The van der Waals surface area contributed by atoms with Gasteiger partial charge in [-0.05, 0) is 31.6 Å². The highest BCUT2D eigenvalue weighted by atomic mass is 16.1. The van der Waals surface area contributed by atoms with Gasteiger partial charge in [0.1, 0.15) is 5.82 Å². The fourth-order valence-electron chi connectivity index (χ4n) is 3.26. The molecule has 1 aromatic heterocycles. The zero-order chi connectivity index (χ0) is 13.1. The third-order valence-electron chi connectivity index (χ3n) is 4.43. The summed E-state index contributed by atoms with van der Waals surface area (Å²) in [6, 6.07) is 1.57. The Morgan fingerprint density at radius 1 is 1.44 bits per heavy atom. The molecule has 0 radical (unpaired) electrons. The molecule has 0 spiro atoms. The highest BCUT2D eigenvalue weighted by molar-refractivity contribution is 5.07. The van der Waals surface area contributed by atoms with E-state index in [9.17, 15) is 4.79 Å². The number of aryl methyl sites for hydroxylation is 1. The lowest BCUT2D eigenvalue weighted by Gasteiger charge is -2.34. The fraction of sp³-hybridized carbons (Fsp3) is 0.733. The Bertz CT molecular complexity index is 452. The van der Waals surface area contributed by atoms with E-state index in [1.165, 1.54) is 32.1 Å². The molecule has 1 aromatic rings. The van der Waals surface area contributed by atoms with E-state index in [0.717, 1.165) is 11.5 Å². The molecule has 1 heterocycles. The van der Waals surface area contributed by atoms with E-state index in [1.54, 1.807) is 6.07 Å². The predicted octanol–water partition coefficient (Wildman–Crippen LogP) is 3.40. The monoisotopic (exact) mass is 248 g/mol. The second-order valence-corrected chi connectivity index (χ2v) is 5.71. The number of hydrogen-bond donors (Lipinski definition) is 1. The van der Waals surface area contributed by atoms with Crippen LogP contribution in [0.3, 0.4) is 0 Å². The summed E-state index contributed by atoms with van der Waals surface area (Å²) < 4.78 is 0. The highest BCUT2D eigenvalue weighted by Gasteiger charge is 2.31. The molecule has 1 unspecified atom stereocenters. The van der Waals surface area contributed by atoms with E-state index in [4.69, 9.17) is 0 Å². The molecule has 0 saturated heterocycles. The molecular formula is C15H24N2O. The molecule has 1 aliphatic carbocycles. The molecule has 1 N–H and O–H groups in total. The van der Waals surface area contributed by atoms with Crippen molar-refractivity contribution in [3.63, 3.8) is 0 Å². The molecule has 3 atom stereocenters. The van der Waals surface area contributed by atoms with Gasteiger partial charge >= 0.3 is 0 Å². The van der Waals surface area contributed by atoms with Crippen LogP contribution in [0.15, 0.2) is 10.9 Å². The van der Waals surface area contributed by atoms with Crippen molar-refractivity contribution in [2.45, 2.75) is 58.8 Å². The molecule has 1 aliphatic rings. The van der Waals surface area contributed by atoms with Crippen LogP contribution < -0.4 is 5.56 Å². The quantitative estimate of drug-likeness (QED) is 0.891. The summed E-state index contributed by atoms with van der Waals surface area (Å²) in [6.45, 7) is 6.49. The van der Waals surface area contributed by atoms with Gasteiger partial charge in [-0.15, -0.1) is 0 Å². The van der Waals surface area contributed by atoms with Crippen LogP contribution in [0.5, 0.6) is 0 Å². The summed E-state index contributed by atoms with van der Waals surface area (Å²) in [5, 5.41) is 0. The molecule has 1 saturated carbocycles. The van der Waals surface area contributed by atoms with Gasteiger partial charge in [-0.1, -0.05) is 33.1 Å². The topological polar surface area (TPSA) is 45.8 Å². The van der Waals surface area contributed by atoms with Gasteiger partial charge in [0.2, 0.25) is 0 Å². The number of aromatic amines is 1. The van der Waals surface area contributed by atoms with Crippen molar-refractivity contribution in [2.24, 2.45) is 11.8 Å². The van der Waals surface area contributed by atoms with Crippen molar-refractivity contribution in [1.82, 2.24) is 9.97 Å². The van der Waals surface area contributed by atoms with Crippen LogP contribution in [-0.4, -0.2) is 9.97 Å². The zero-order valence-electron chi connectivity index (χ0n) is 11.7. The maximum Gasteiger partial charge on any atom is 0.251 e. The number of nitrogens with one attached hydrogen (secondary N) is 1. The molecule has 0 bridgehead atoms. The van der Waals surface area contributed by atoms with Gasteiger partial charge in [-0.2, -0.15) is 0 Å². The lowest BCUT2D eigenvalue weighted by atomic mass is 9.72. The average Bonchev–Trinajstić information content (AvgIpc) is 2.36. The molecule has 0 amide bonds. The van der Waals surface area contributed by atoms with E-state index in [-0.39, 0.29) is 5.56 Å². The number of aromatic nitrogens is 2. The smallest absolute Gasteiger partial charge is 0.251 e. The van der Waals surface area contributed by atoms with Crippen molar-refractivity contribution < 1.29 is 0 Å². The number of rotatable bonds is 3. The SMILES string of the molecule is CC[C@H](C)[C@@H]1CCCCC1c1nc(C)cc(=O)[nH]1. The maximum absolute atomic E-state index is 11.6. The van der Waals surface area contributed by atoms with Gasteiger partial charge in [0.05, 0.1) is 0 Å². The molecule has 100 valence electrons. The Balaban J connectivity index is 2.30. The second kappa shape index (κ2) is 5.68. The van der Waals surface area contributed by atoms with Crippen LogP contribution >= 0.6 is 0 Å². The molecule has 0 aromatic carbocycles. The van der Waals surface area contributed by atoms with Crippen molar-refractivity contribution in [3.05, 3.63) is 27.9 Å². The minimum Gasteiger partial charge on any atom is -0.310 e. The third kappa shape index (κ3) is 2.82. The van der Waals surface area contributed by atoms with Crippen LogP contribution in [0.25, 0.3) is 0 Å². The maximum atomic E-state index is 11.6. The molecular weight excluding hydrogens is 224 g/mol. The van der Waals surface area contributed by atoms with E-state index >= 15 is 0 Å². The summed E-state index contributed by atoms with van der Waals surface area (Å²) in [5.41, 5.74) is 0.827. The van der Waals surface area contributed by atoms with Crippen LogP contribution in [0.2, 0.25) is 0 Å². The van der Waals surface area contributed by atoms with Crippen molar-refractivity contribution in [2.75, 3.05) is 0 Å². The number of nitrogens with zero attached hydrogens (tertiary/aromatic N) is 1. The Morgan fingerprint density at radius 2 is 2.17 bits per heavy atom. The summed E-state index contributed by atoms with van der Waals surface area (Å²) >= 11 is 0. The van der Waals surface area contributed by atoms with Gasteiger partial charge in [0.25, 0.3) is 5.56 Å². The van der Waals surface area contributed by atoms with Gasteiger partial charge in [-0.3, -0.25) is 4.79 Å². The summed E-state index contributed by atoms with van der Waals surface area (Å²) in [6.07, 6.45) is 6.23. The first-order valence-electron chi connectivity index (χ1n) is 7.19. The third-order valence-corrected chi connectivity index (χ3v) is 4.43. The lowest BCUT2D eigenvalue weighted by molar-refractivity contribution is 0.214. The molecule has 0 aliphatic heterocycles. The fourth-order valence-corrected chi connectivity index (χ4v) is 3.26. The van der Waals surface area contributed by atoms with Crippen molar-refractivity contribution in [1.29, 1.82) is 0 Å². The first-order chi connectivity index (χ1) is 8.61. The largest absolute Gasteiger partial charge is 0.310 e. The minimum absolute atomic E-state index is 0.00836. The number of H-pyrrole nitrogens is 1. The first-order valence-corrected chi connectivity index (χ1v) is 7.19. The summed E-state index contributed by atoms with van der Waals surface area (Å²) in [4.78, 5) is 19.1. The van der Waals surface area contributed by atoms with Crippen molar-refractivity contribution in [3.8, 4) is 0 Å². The average molecular weight is 248 g/mol. The zero-order valence-corrected chi connectivity index (χ0v) is 11.7. The minimum atomic E-state index is -0.00836. The highest BCUT2D eigenvalue weighted by Crippen LogP contribution is 2.41. The first kappa shape index (κ1) is 13.3. The van der Waals surface area contributed by atoms with Crippen LogP contribution in [-0.2, 0) is 0 Å². The van der Waals surface area contributed by atoms with Crippen molar-refractivity contribution >= 4 is 0 Å². The van der Waals surface area contributed by atoms with E-state index < -0.39 is 0 Å². The Kier molecular flexibility index (Phi) is 4.20. The molecule has 18 heavy (non-hydrogen) atoms. The Hall–Kier alpha value is -1.12. The Morgan fingerprint density at radius 3 is 2.83 bits per heavy atom. The molecule has 1 fully saturated rings. The van der Waals surface area contributed by atoms with Gasteiger partial charge in [-0.25, -0.2) is 4.98 Å². The van der Waals surface area contributed by atoms with Gasteiger partial charge < -0.3 is 4.98 Å². The molecule has 3 nitrogen and oxygen atoms in total. The number of hydrogen-bond acceptors (Lipinski definition) is 2. The standard InChI is InChI=1S/C15H24N2O/c1-4-10(2)12-7-5-6-8-13(12)15-16-11(3)9-14(18)17-15/h9-10,12-13H,4-8H2,1-3H3,(H,16,17,18)/t10-,12-,13?/m0/s1. The summed E-state index contributed by atoms with van der Waals surface area (Å²) in [7, 11) is 0. The van der Waals surface area contributed by atoms with E-state index in [0.29, 0.717) is 17.8 Å². The Labute approximate surface area is 109 Å². The van der Waals surface area contributed by atoms with Gasteiger partial charge in [0.15, 0.2) is 0 Å². The second-order valence-electron chi connectivity index (χ2n) is 5.71. The predicted molar refractivity (Wildman–Crippen MR) is 73.7 cm³/mol. The molecule has 2 rings (SSSR count). The summed E-state index contributed by atoms with van der Waals surface area (Å²) in [5.74, 6) is 2.75. The van der Waals surface area contributed by atoms with E-state index in [2.05, 4.69) is 23.8 Å². The van der Waals surface area contributed by atoms with Gasteiger partial charge in [0, 0.05) is 17.7 Å². The normalized spacial score (nSPS) is 25.9. The van der Waals surface area contributed by atoms with Crippen LogP contribution in [0, 0.1) is 18.8 Å². The molecule has 3 heteroatoms. The van der Waals surface area contributed by atoms with E-state index in [1.807, 2.05) is 6.92 Å².